The SMILES string of the molecule is CC(C)CNC(=O)CCNS(=O)(=O)c1ccc(F)cc1N. The predicted octanol–water partition coefficient (Wildman–Crippen LogP) is 0.849. The van der Waals surface area contributed by atoms with Crippen molar-refractivity contribution < 1.29 is 17.6 Å². The average Bonchev–Trinajstić information content (AvgIpc) is 2.35. The zero-order valence-electron chi connectivity index (χ0n) is 12.0. The summed E-state index contributed by atoms with van der Waals surface area (Å²) in [5, 5.41) is 2.68. The van der Waals surface area contributed by atoms with E-state index in [1.807, 2.05) is 13.8 Å². The fraction of sp³-hybridized carbons (Fsp3) is 0.462. The number of sulfonamides is 1. The van der Waals surface area contributed by atoms with Crippen LogP contribution >= 0.6 is 0 Å². The summed E-state index contributed by atoms with van der Waals surface area (Å²) < 4.78 is 39.1. The number of benzene rings is 1. The van der Waals surface area contributed by atoms with Gasteiger partial charge in [0.1, 0.15) is 10.7 Å². The second kappa shape index (κ2) is 7.37. The quantitative estimate of drug-likeness (QED) is 0.649. The molecule has 0 unspecified atom stereocenters. The van der Waals surface area contributed by atoms with Gasteiger partial charge >= 0.3 is 0 Å². The molecule has 0 fully saturated rings. The third-order valence-corrected chi connectivity index (χ3v) is 4.15. The lowest BCUT2D eigenvalue weighted by Gasteiger charge is -2.10. The van der Waals surface area contributed by atoms with E-state index in [0.717, 1.165) is 18.2 Å². The maximum atomic E-state index is 12.9. The molecule has 1 rings (SSSR count). The number of anilines is 1. The van der Waals surface area contributed by atoms with E-state index in [2.05, 4.69) is 10.0 Å². The zero-order chi connectivity index (χ0) is 16.0. The summed E-state index contributed by atoms with van der Waals surface area (Å²) in [7, 11) is -3.86. The smallest absolute Gasteiger partial charge is 0.242 e. The van der Waals surface area contributed by atoms with Crippen LogP contribution in [0, 0.1) is 11.7 Å². The molecule has 21 heavy (non-hydrogen) atoms. The molecule has 1 aromatic rings. The normalized spacial score (nSPS) is 11.6. The van der Waals surface area contributed by atoms with Crippen LogP contribution in [0.2, 0.25) is 0 Å². The standard InChI is InChI=1S/C13H20FN3O3S/c1-9(2)8-16-13(18)5-6-17-21(19,20)12-4-3-10(14)7-11(12)15/h3-4,7,9,17H,5-6,8,15H2,1-2H3,(H,16,18). The highest BCUT2D eigenvalue weighted by Gasteiger charge is 2.17. The van der Waals surface area contributed by atoms with Crippen LogP contribution in [0.3, 0.4) is 0 Å². The summed E-state index contributed by atoms with van der Waals surface area (Å²) in [4.78, 5) is 11.3. The summed E-state index contributed by atoms with van der Waals surface area (Å²) in [6.07, 6.45) is 0.0209. The molecule has 0 saturated heterocycles. The summed E-state index contributed by atoms with van der Waals surface area (Å²) >= 11 is 0. The van der Waals surface area contributed by atoms with Gasteiger partial charge in [0.2, 0.25) is 15.9 Å². The van der Waals surface area contributed by atoms with E-state index in [0.29, 0.717) is 12.5 Å². The Balaban J connectivity index is 2.56. The molecule has 0 saturated carbocycles. The Morgan fingerprint density at radius 2 is 2.05 bits per heavy atom. The van der Waals surface area contributed by atoms with Crippen LogP contribution in [-0.4, -0.2) is 27.4 Å². The first-order chi connectivity index (χ1) is 9.72. The van der Waals surface area contributed by atoms with Crippen molar-refractivity contribution in [2.75, 3.05) is 18.8 Å². The van der Waals surface area contributed by atoms with Crippen molar-refractivity contribution in [3.05, 3.63) is 24.0 Å². The fourth-order valence-corrected chi connectivity index (χ4v) is 2.69. The lowest BCUT2D eigenvalue weighted by Crippen LogP contribution is -2.32. The monoisotopic (exact) mass is 317 g/mol. The molecule has 6 nitrogen and oxygen atoms in total. The number of nitrogens with one attached hydrogen (secondary N) is 2. The van der Waals surface area contributed by atoms with Crippen molar-refractivity contribution in [2.24, 2.45) is 5.92 Å². The second-order valence-corrected chi connectivity index (χ2v) is 6.76. The van der Waals surface area contributed by atoms with Gasteiger partial charge in [0.25, 0.3) is 0 Å². The number of rotatable bonds is 7. The van der Waals surface area contributed by atoms with Gasteiger partial charge in [-0.1, -0.05) is 13.8 Å². The topological polar surface area (TPSA) is 101 Å². The van der Waals surface area contributed by atoms with Gasteiger partial charge in [0, 0.05) is 19.5 Å². The largest absolute Gasteiger partial charge is 0.398 e. The summed E-state index contributed by atoms with van der Waals surface area (Å²) in [5.74, 6) is -0.525. The Kier molecular flexibility index (Phi) is 6.10. The molecule has 0 aliphatic heterocycles. The molecule has 0 aromatic heterocycles. The first-order valence-corrected chi connectivity index (χ1v) is 8.02. The number of halogens is 1. The second-order valence-electron chi connectivity index (χ2n) is 5.03. The van der Waals surface area contributed by atoms with Crippen molar-refractivity contribution in [1.82, 2.24) is 10.0 Å². The molecular weight excluding hydrogens is 297 g/mol. The third-order valence-electron chi connectivity index (χ3n) is 2.61. The van der Waals surface area contributed by atoms with Crippen LogP contribution in [0.5, 0.6) is 0 Å². The molecule has 0 aliphatic rings. The van der Waals surface area contributed by atoms with Gasteiger partial charge in [-0.3, -0.25) is 4.79 Å². The van der Waals surface area contributed by atoms with Gasteiger partial charge in [-0.25, -0.2) is 17.5 Å². The van der Waals surface area contributed by atoms with Crippen LogP contribution in [0.15, 0.2) is 23.1 Å². The van der Waals surface area contributed by atoms with Crippen molar-refractivity contribution in [2.45, 2.75) is 25.2 Å². The summed E-state index contributed by atoms with van der Waals surface area (Å²) in [5.41, 5.74) is 5.31. The summed E-state index contributed by atoms with van der Waals surface area (Å²) in [6, 6.07) is 3.04. The number of nitrogens with two attached hydrogens (primary N) is 1. The molecular formula is C13H20FN3O3S. The van der Waals surface area contributed by atoms with Gasteiger partial charge in [0.15, 0.2) is 0 Å². The molecule has 1 aromatic carbocycles. The zero-order valence-corrected chi connectivity index (χ0v) is 12.8. The number of hydrogen-bond donors (Lipinski definition) is 3. The lowest BCUT2D eigenvalue weighted by molar-refractivity contribution is -0.121. The fourth-order valence-electron chi connectivity index (χ4n) is 1.55. The van der Waals surface area contributed by atoms with Gasteiger partial charge < -0.3 is 11.1 Å². The predicted molar refractivity (Wildman–Crippen MR) is 78.5 cm³/mol. The Labute approximate surface area is 124 Å². The van der Waals surface area contributed by atoms with Crippen LogP contribution in [-0.2, 0) is 14.8 Å². The Hall–Kier alpha value is -1.67. The van der Waals surface area contributed by atoms with E-state index >= 15 is 0 Å². The number of amides is 1. The summed E-state index contributed by atoms with van der Waals surface area (Å²) in [6.45, 7) is 4.40. The van der Waals surface area contributed by atoms with E-state index in [4.69, 9.17) is 5.73 Å². The number of carbonyl (C=O) groups excluding carboxylic acids is 1. The first-order valence-electron chi connectivity index (χ1n) is 6.54. The Morgan fingerprint density at radius 3 is 2.62 bits per heavy atom. The van der Waals surface area contributed by atoms with Crippen molar-refractivity contribution in [3.63, 3.8) is 0 Å². The Bertz CT molecular complexity index is 603. The highest BCUT2D eigenvalue weighted by Crippen LogP contribution is 2.18. The molecule has 0 atom stereocenters. The minimum atomic E-state index is -3.86. The number of hydrogen-bond acceptors (Lipinski definition) is 4. The average molecular weight is 317 g/mol. The lowest BCUT2D eigenvalue weighted by atomic mass is 10.2. The van der Waals surface area contributed by atoms with Crippen molar-refractivity contribution >= 4 is 21.6 Å². The Morgan fingerprint density at radius 1 is 1.38 bits per heavy atom. The van der Waals surface area contributed by atoms with E-state index in [1.54, 1.807) is 0 Å². The van der Waals surface area contributed by atoms with Gasteiger partial charge in [-0.05, 0) is 24.1 Å². The van der Waals surface area contributed by atoms with Gasteiger partial charge in [-0.15, -0.1) is 0 Å². The van der Waals surface area contributed by atoms with Crippen LogP contribution in [0.1, 0.15) is 20.3 Å². The van der Waals surface area contributed by atoms with E-state index < -0.39 is 15.8 Å². The highest BCUT2D eigenvalue weighted by atomic mass is 32.2. The molecule has 118 valence electrons. The molecule has 1 amide bonds. The minimum Gasteiger partial charge on any atom is -0.398 e. The molecule has 0 spiro atoms. The van der Waals surface area contributed by atoms with Gasteiger partial charge in [0.05, 0.1) is 5.69 Å². The maximum Gasteiger partial charge on any atom is 0.242 e. The van der Waals surface area contributed by atoms with E-state index in [1.165, 1.54) is 0 Å². The first kappa shape index (κ1) is 17.4. The maximum absolute atomic E-state index is 12.9. The van der Waals surface area contributed by atoms with E-state index in [9.17, 15) is 17.6 Å². The van der Waals surface area contributed by atoms with Crippen molar-refractivity contribution in [1.29, 1.82) is 0 Å². The number of nitrogen functional groups attached to an aromatic ring is 1. The van der Waals surface area contributed by atoms with Crippen LogP contribution in [0.25, 0.3) is 0 Å². The molecule has 0 radical (unpaired) electrons. The van der Waals surface area contributed by atoms with Crippen LogP contribution < -0.4 is 15.8 Å². The molecule has 0 heterocycles. The van der Waals surface area contributed by atoms with Gasteiger partial charge in [-0.2, -0.15) is 0 Å². The molecule has 0 aliphatic carbocycles. The number of carbonyl (C=O) groups is 1. The minimum absolute atomic E-state index is 0.0209. The van der Waals surface area contributed by atoms with Crippen molar-refractivity contribution in [3.8, 4) is 0 Å². The van der Waals surface area contributed by atoms with E-state index in [-0.39, 0.29) is 29.5 Å². The third kappa shape index (κ3) is 5.68. The molecule has 4 N–H and O–H groups in total. The molecule has 0 bridgehead atoms. The highest BCUT2D eigenvalue weighted by molar-refractivity contribution is 7.89. The van der Waals surface area contributed by atoms with Crippen LogP contribution in [0.4, 0.5) is 10.1 Å². The molecule has 8 heteroatoms.